The maximum Gasteiger partial charge on any atom is 0.170 e. The lowest BCUT2D eigenvalue weighted by Gasteiger charge is -2.28. The zero-order valence-corrected chi connectivity index (χ0v) is 18.1. The Morgan fingerprint density at radius 3 is 2.38 bits per heavy atom. The van der Waals surface area contributed by atoms with E-state index in [-0.39, 0.29) is 12.1 Å². The van der Waals surface area contributed by atoms with Crippen molar-refractivity contribution >= 4 is 17.3 Å². The average Bonchev–Trinajstić information content (AvgIpc) is 3.19. The smallest absolute Gasteiger partial charge is 0.170 e. The minimum Gasteiger partial charge on any atom is -0.352 e. The molecule has 0 aromatic carbocycles. The Morgan fingerprint density at radius 1 is 1.07 bits per heavy atom. The summed E-state index contributed by atoms with van der Waals surface area (Å²) in [4.78, 5) is 11.4. The van der Waals surface area contributed by atoms with Crippen LogP contribution in [0.3, 0.4) is 0 Å². The van der Waals surface area contributed by atoms with Crippen LogP contribution in [0.15, 0.2) is 54.9 Å². The van der Waals surface area contributed by atoms with Gasteiger partial charge in [-0.1, -0.05) is 12.1 Å². The molecular formula is C23H27N5S. The third kappa shape index (κ3) is 3.65. The van der Waals surface area contributed by atoms with Crippen LogP contribution in [0.1, 0.15) is 60.3 Å². The van der Waals surface area contributed by atoms with Crippen molar-refractivity contribution in [3.63, 3.8) is 0 Å². The number of thiocarbonyl (C=S) groups is 1. The summed E-state index contributed by atoms with van der Waals surface area (Å²) in [5.74, 6) is 0. The molecule has 6 heteroatoms. The van der Waals surface area contributed by atoms with Gasteiger partial charge in [-0.25, -0.2) is 0 Å². The van der Waals surface area contributed by atoms with Crippen LogP contribution in [0.2, 0.25) is 0 Å². The average molecular weight is 406 g/mol. The molecule has 0 bridgehead atoms. The normalized spacial score (nSPS) is 19.1. The summed E-state index contributed by atoms with van der Waals surface area (Å²) >= 11 is 5.78. The number of aryl methyl sites for hydroxylation is 1. The van der Waals surface area contributed by atoms with Crippen LogP contribution in [0.4, 0.5) is 0 Å². The largest absolute Gasteiger partial charge is 0.352 e. The fraction of sp³-hybridized carbons (Fsp3) is 0.348. The number of pyridine rings is 2. The van der Waals surface area contributed by atoms with Crippen LogP contribution >= 0.6 is 12.2 Å². The van der Waals surface area contributed by atoms with Crippen LogP contribution in [-0.4, -0.2) is 24.5 Å². The molecule has 1 aliphatic heterocycles. The zero-order chi connectivity index (χ0) is 20.5. The van der Waals surface area contributed by atoms with Crippen molar-refractivity contribution in [2.75, 3.05) is 0 Å². The fourth-order valence-electron chi connectivity index (χ4n) is 4.48. The second-order valence-corrected chi connectivity index (χ2v) is 8.25. The van der Waals surface area contributed by atoms with Gasteiger partial charge in [0.25, 0.3) is 0 Å². The van der Waals surface area contributed by atoms with E-state index in [0.717, 1.165) is 16.5 Å². The zero-order valence-electron chi connectivity index (χ0n) is 17.3. The number of nitrogens with zero attached hydrogens (tertiary/aromatic N) is 4. The molecular weight excluding hydrogens is 378 g/mol. The Hall–Kier alpha value is -2.73. The van der Waals surface area contributed by atoms with Gasteiger partial charge < -0.3 is 14.8 Å². The molecule has 0 amide bonds. The lowest BCUT2D eigenvalue weighted by atomic mass is 9.96. The van der Waals surface area contributed by atoms with Gasteiger partial charge in [0.1, 0.15) is 0 Å². The van der Waals surface area contributed by atoms with E-state index in [9.17, 15) is 0 Å². The van der Waals surface area contributed by atoms with Crippen molar-refractivity contribution in [1.82, 2.24) is 24.8 Å². The van der Waals surface area contributed by atoms with Crippen LogP contribution in [0.25, 0.3) is 0 Å². The first-order valence-electron chi connectivity index (χ1n) is 10.0. The molecule has 1 aliphatic rings. The second kappa shape index (κ2) is 7.95. The predicted molar refractivity (Wildman–Crippen MR) is 120 cm³/mol. The molecule has 0 aliphatic carbocycles. The Labute approximate surface area is 177 Å². The van der Waals surface area contributed by atoms with Gasteiger partial charge in [0.2, 0.25) is 0 Å². The van der Waals surface area contributed by atoms with Crippen LogP contribution < -0.4 is 5.32 Å². The summed E-state index contributed by atoms with van der Waals surface area (Å²) in [6, 6.07) is 14.8. The van der Waals surface area contributed by atoms with E-state index in [4.69, 9.17) is 12.2 Å². The van der Waals surface area contributed by atoms with E-state index in [1.165, 1.54) is 17.0 Å². The summed E-state index contributed by atoms with van der Waals surface area (Å²) < 4.78 is 2.39. The minimum atomic E-state index is -0.00600. The molecule has 5 nitrogen and oxygen atoms in total. The number of hydrogen-bond donors (Lipinski definition) is 1. The number of rotatable bonds is 5. The third-order valence-electron chi connectivity index (χ3n) is 5.61. The highest BCUT2D eigenvalue weighted by Crippen LogP contribution is 2.41. The van der Waals surface area contributed by atoms with Crippen molar-refractivity contribution in [3.8, 4) is 0 Å². The van der Waals surface area contributed by atoms with E-state index in [2.05, 4.69) is 64.6 Å². The highest BCUT2D eigenvalue weighted by molar-refractivity contribution is 7.80. The first-order valence-corrected chi connectivity index (χ1v) is 10.4. The van der Waals surface area contributed by atoms with Gasteiger partial charge in [-0.3, -0.25) is 9.97 Å². The van der Waals surface area contributed by atoms with Crippen molar-refractivity contribution < 1.29 is 0 Å². The number of hydrogen-bond acceptors (Lipinski definition) is 3. The third-order valence-corrected chi connectivity index (χ3v) is 5.97. The molecule has 4 heterocycles. The molecule has 4 rings (SSSR count). The molecule has 3 aromatic rings. The highest BCUT2D eigenvalue weighted by atomic mass is 32.1. The van der Waals surface area contributed by atoms with Crippen molar-refractivity contribution in [2.24, 2.45) is 0 Å². The SMILES string of the molecule is Cc1cc([C@H]2[C@H](c3ccccn3)NC(=S)N2Cc2ccccn2)c(C)n1C(C)C. The Kier molecular flexibility index (Phi) is 5.37. The van der Waals surface area contributed by atoms with Gasteiger partial charge in [0, 0.05) is 29.8 Å². The van der Waals surface area contributed by atoms with Crippen molar-refractivity contribution in [2.45, 2.75) is 52.4 Å². The number of nitrogens with one attached hydrogen (secondary N) is 1. The number of aromatic nitrogens is 3. The van der Waals surface area contributed by atoms with Crippen LogP contribution in [0, 0.1) is 13.8 Å². The Bertz CT molecular complexity index is 997. The summed E-state index contributed by atoms with van der Waals surface area (Å²) in [7, 11) is 0. The van der Waals surface area contributed by atoms with E-state index < -0.39 is 0 Å². The van der Waals surface area contributed by atoms with Crippen molar-refractivity contribution in [3.05, 3.63) is 83.2 Å². The monoisotopic (exact) mass is 405 g/mol. The first kappa shape index (κ1) is 19.6. The minimum absolute atomic E-state index is 0.00600. The second-order valence-electron chi connectivity index (χ2n) is 7.87. The Morgan fingerprint density at radius 2 is 1.79 bits per heavy atom. The van der Waals surface area contributed by atoms with Crippen LogP contribution in [0.5, 0.6) is 0 Å². The summed E-state index contributed by atoms with van der Waals surface area (Å²) in [6.07, 6.45) is 3.67. The molecule has 150 valence electrons. The van der Waals surface area contributed by atoms with Gasteiger partial charge >= 0.3 is 0 Å². The van der Waals surface area contributed by atoms with E-state index in [0.29, 0.717) is 12.6 Å². The fourth-order valence-corrected chi connectivity index (χ4v) is 4.78. The van der Waals surface area contributed by atoms with Crippen molar-refractivity contribution in [1.29, 1.82) is 0 Å². The molecule has 2 atom stereocenters. The molecule has 0 unspecified atom stereocenters. The molecule has 1 N–H and O–H groups in total. The van der Waals surface area contributed by atoms with Gasteiger partial charge in [0.15, 0.2) is 5.11 Å². The van der Waals surface area contributed by atoms with E-state index in [1.807, 2.05) is 42.7 Å². The van der Waals surface area contributed by atoms with Crippen LogP contribution in [-0.2, 0) is 6.54 Å². The lowest BCUT2D eigenvalue weighted by Crippen LogP contribution is -2.29. The Balaban J connectivity index is 1.81. The lowest BCUT2D eigenvalue weighted by molar-refractivity contribution is 0.306. The molecule has 0 radical (unpaired) electrons. The molecule has 3 aromatic heterocycles. The molecule has 29 heavy (non-hydrogen) atoms. The first-order chi connectivity index (χ1) is 14.0. The molecule has 1 fully saturated rings. The van der Waals surface area contributed by atoms with Gasteiger partial charge in [-0.2, -0.15) is 0 Å². The van der Waals surface area contributed by atoms with Gasteiger partial charge in [-0.05, 0) is 75.8 Å². The quantitative estimate of drug-likeness (QED) is 0.626. The summed E-state index contributed by atoms with van der Waals surface area (Å²) in [5.41, 5.74) is 5.83. The highest BCUT2D eigenvalue weighted by Gasteiger charge is 2.41. The maximum atomic E-state index is 5.78. The summed E-state index contributed by atoms with van der Waals surface area (Å²) in [5, 5.41) is 4.27. The molecule has 0 spiro atoms. The van der Waals surface area contributed by atoms with E-state index in [1.54, 1.807) is 0 Å². The van der Waals surface area contributed by atoms with E-state index >= 15 is 0 Å². The topological polar surface area (TPSA) is 46.0 Å². The molecule has 1 saturated heterocycles. The summed E-state index contributed by atoms with van der Waals surface area (Å²) in [6.45, 7) is 9.49. The van der Waals surface area contributed by atoms with Gasteiger partial charge in [-0.15, -0.1) is 0 Å². The van der Waals surface area contributed by atoms with Gasteiger partial charge in [0.05, 0.1) is 30.0 Å². The molecule has 0 saturated carbocycles. The standard InChI is InChI=1S/C23H27N5S/c1-15(2)28-16(3)13-19(17(28)4)22-21(20-10-6-8-12-25-20)26-23(29)27(22)14-18-9-5-7-11-24-18/h5-13,15,21-22H,14H2,1-4H3,(H,26,29)/t21-,22-/m0/s1. The predicted octanol–water partition coefficient (Wildman–Crippen LogP) is 4.65. The maximum absolute atomic E-state index is 5.78.